The summed E-state index contributed by atoms with van der Waals surface area (Å²) in [6, 6.07) is 6.23. The number of piperidine rings is 1. The molecule has 9 heteroatoms. The number of nitrogens with zero attached hydrogens (tertiary/aromatic N) is 1. The van der Waals surface area contributed by atoms with Gasteiger partial charge in [0.2, 0.25) is 5.91 Å². The number of hydrogen-bond donors (Lipinski definition) is 2. The molecule has 1 aromatic rings. The summed E-state index contributed by atoms with van der Waals surface area (Å²) in [5.74, 6) is -2.27. The summed E-state index contributed by atoms with van der Waals surface area (Å²) in [6.07, 6.45) is 3.78. The molecule has 156 valence electrons. The summed E-state index contributed by atoms with van der Waals surface area (Å²) < 4.78 is 24.8. The Morgan fingerprint density at radius 1 is 1.21 bits per heavy atom. The molecule has 2 unspecified atom stereocenters. The first-order chi connectivity index (χ1) is 13.0. The van der Waals surface area contributed by atoms with Crippen molar-refractivity contribution in [2.45, 2.75) is 42.4 Å². The highest BCUT2D eigenvalue weighted by atomic mass is 35.5. The molecule has 2 aliphatic heterocycles. The number of amides is 2. The highest BCUT2D eigenvalue weighted by Gasteiger charge is 2.27. The zero-order chi connectivity index (χ0) is 19.2. The molecule has 0 spiro atoms. The molecule has 2 aliphatic rings. The van der Waals surface area contributed by atoms with E-state index in [1.807, 2.05) is 0 Å². The number of halogens is 3. The molecule has 0 aliphatic carbocycles. The predicted octanol–water partition coefficient (Wildman–Crippen LogP) is 3.14. The Morgan fingerprint density at radius 2 is 1.96 bits per heavy atom. The number of alkyl halides is 2. The normalized spacial score (nSPS) is 22.0. The average molecular weight is 434 g/mol. The van der Waals surface area contributed by atoms with E-state index in [1.165, 1.54) is 0 Å². The van der Waals surface area contributed by atoms with Gasteiger partial charge in [0.25, 0.3) is 11.7 Å². The van der Waals surface area contributed by atoms with E-state index in [4.69, 9.17) is 0 Å². The molecule has 2 fully saturated rings. The zero-order valence-corrected chi connectivity index (χ0v) is 17.2. The van der Waals surface area contributed by atoms with E-state index >= 15 is 0 Å². The Kier molecular flexibility index (Phi) is 8.98. The van der Waals surface area contributed by atoms with Gasteiger partial charge in [-0.05, 0) is 62.4 Å². The molecule has 2 N–H and O–H groups in total. The van der Waals surface area contributed by atoms with Gasteiger partial charge in [0.05, 0.1) is 6.04 Å². The monoisotopic (exact) mass is 433 g/mol. The maximum absolute atomic E-state index is 12.7. The van der Waals surface area contributed by atoms with Gasteiger partial charge in [0.1, 0.15) is 0 Å². The van der Waals surface area contributed by atoms with Crippen LogP contribution in [0.4, 0.5) is 8.78 Å². The molecule has 2 amide bonds. The van der Waals surface area contributed by atoms with Crippen LogP contribution in [0.25, 0.3) is 0 Å². The molecular formula is C19H26ClF2N3O2S. The van der Waals surface area contributed by atoms with Gasteiger partial charge in [-0.3, -0.25) is 9.59 Å². The molecule has 0 bridgehead atoms. The maximum atomic E-state index is 12.7. The molecule has 0 aromatic heterocycles. The van der Waals surface area contributed by atoms with Gasteiger partial charge in [-0.25, -0.2) is 0 Å². The number of nitrogens with one attached hydrogen (secondary N) is 2. The lowest BCUT2D eigenvalue weighted by molar-refractivity contribution is -0.123. The summed E-state index contributed by atoms with van der Waals surface area (Å²) in [5.41, 5.74) is 0.508. The Labute approximate surface area is 174 Å². The Balaban J connectivity index is 0.00000280. The molecular weight excluding hydrogens is 408 g/mol. The van der Waals surface area contributed by atoms with Crippen molar-refractivity contribution in [1.82, 2.24) is 15.5 Å². The van der Waals surface area contributed by atoms with E-state index in [9.17, 15) is 18.4 Å². The quantitative estimate of drug-likeness (QED) is 0.676. The third kappa shape index (κ3) is 6.32. The van der Waals surface area contributed by atoms with Crippen molar-refractivity contribution in [2.75, 3.05) is 26.2 Å². The van der Waals surface area contributed by atoms with Crippen LogP contribution in [0.2, 0.25) is 0 Å². The van der Waals surface area contributed by atoms with Crippen LogP contribution in [0.15, 0.2) is 29.2 Å². The van der Waals surface area contributed by atoms with Crippen LogP contribution in [0.3, 0.4) is 0 Å². The lowest BCUT2D eigenvalue weighted by Gasteiger charge is -2.33. The predicted molar refractivity (Wildman–Crippen MR) is 108 cm³/mol. The van der Waals surface area contributed by atoms with Crippen LogP contribution in [-0.2, 0) is 4.79 Å². The van der Waals surface area contributed by atoms with Gasteiger partial charge in [-0.1, -0.05) is 11.8 Å². The van der Waals surface area contributed by atoms with E-state index < -0.39 is 5.76 Å². The highest BCUT2D eigenvalue weighted by molar-refractivity contribution is 7.99. The van der Waals surface area contributed by atoms with Gasteiger partial charge in [-0.15, -0.1) is 12.4 Å². The summed E-state index contributed by atoms with van der Waals surface area (Å²) in [7, 11) is 0. The summed E-state index contributed by atoms with van der Waals surface area (Å²) in [4.78, 5) is 27.1. The molecule has 5 nitrogen and oxygen atoms in total. The van der Waals surface area contributed by atoms with Crippen molar-refractivity contribution >= 4 is 36.0 Å². The van der Waals surface area contributed by atoms with Crippen molar-refractivity contribution in [1.29, 1.82) is 0 Å². The molecule has 2 saturated heterocycles. The number of carbonyl (C=O) groups excluding carboxylic acids is 2. The van der Waals surface area contributed by atoms with Gasteiger partial charge < -0.3 is 15.5 Å². The average Bonchev–Trinajstić information content (AvgIpc) is 3.21. The molecule has 2 heterocycles. The Hall–Kier alpha value is -1.38. The van der Waals surface area contributed by atoms with Crippen LogP contribution in [0, 0.1) is 5.92 Å². The SMILES string of the molecule is Cl.O=C(NCC1CCCN(C(=O)c2ccc(SC(F)F)cc2)C1)C1CCCN1. The summed E-state index contributed by atoms with van der Waals surface area (Å²) in [5, 5.41) is 6.19. The second-order valence-corrected chi connectivity index (χ2v) is 8.12. The van der Waals surface area contributed by atoms with E-state index in [-0.39, 0.29) is 36.2 Å². The van der Waals surface area contributed by atoms with Crippen LogP contribution in [-0.4, -0.2) is 54.7 Å². The molecule has 2 atom stereocenters. The number of thioether (sulfide) groups is 1. The van der Waals surface area contributed by atoms with Crippen molar-refractivity contribution in [3.8, 4) is 0 Å². The highest BCUT2D eigenvalue weighted by Crippen LogP contribution is 2.26. The van der Waals surface area contributed by atoms with Crippen molar-refractivity contribution in [3.05, 3.63) is 29.8 Å². The van der Waals surface area contributed by atoms with Gasteiger partial charge in [0.15, 0.2) is 0 Å². The van der Waals surface area contributed by atoms with Crippen LogP contribution >= 0.6 is 24.2 Å². The zero-order valence-electron chi connectivity index (χ0n) is 15.5. The van der Waals surface area contributed by atoms with Crippen LogP contribution in [0.1, 0.15) is 36.0 Å². The minimum absolute atomic E-state index is 0. The number of likely N-dealkylation sites (tertiary alicyclic amines) is 1. The fourth-order valence-corrected chi connectivity index (χ4v) is 4.15. The third-order valence-electron chi connectivity index (χ3n) is 5.07. The molecule has 0 radical (unpaired) electrons. The van der Waals surface area contributed by atoms with E-state index in [2.05, 4.69) is 10.6 Å². The second kappa shape index (κ2) is 11.0. The first-order valence-electron chi connectivity index (χ1n) is 9.38. The van der Waals surface area contributed by atoms with Crippen LogP contribution in [0.5, 0.6) is 0 Å². The summed E-state index contributed by atoms with van der Waals surface area (Å²) in [6.45, 7) is 2.74. The molecule has 3 rings (SSSR count). The Bertz CT molecular complexity index is 657. The van der Waals surface area contributed by atoms with Gasteiger partial charge >= 0.3 is 0 Å². The van der Waals surface area contributed by atoms with Crippen molar-refractivity contribution in [3.63, 3.8) is 0 Å². The van der Waals surface area contributed by atoms with Gasteiger partial charge in [-0.2, -0.15) is 8.78 Å². The molecule has 1 aromatic carbocycles. The third-order valence-corrected chi connectivity index (χ3v) is 5.80. The smallest absolute Gasteiger partial charge is 0.288 e. The standard InChI is InChI=1S/C19H25F2N3O2S.ClH/c20-19(21)27-15-7-5-14(6-8-15)18(26)24-10-2-3-13(12-24)11-23-17(25)16-4-1-9-22-16;/h5-8,13,16,19,22H,1-4,9-12H2,(H,23,25);1H. The number of hydrogen-bond acceptors (Lipinski definition) is 4. The first-order valence-corrected chi connectivity index (χ1v) is 10.3. The Morgan fingerprint density at radius 3 is 2.61 bits per heavy atom. The van der Waals surface area contributed by atoms with Crippen LogP contribution < -0.4 is 10.6 Å². The first kappa shape index (κ1) is 22.9. The fourth-order valence-electron chi connectivity index (χ4n) is 3.65. The lowest BCUT2D eigenvalue weighted by atomic mass is 9.97. The van der Waals surface area contributed by atoms with E-state index in [0.717, 1.165) is 32.2 Å². The van der Waals surface area contributed by atoms with E-state index in [1.54, 1.807) is 29.2 Å². The molecule has 28 heavy (non-hydrogen) atoms. The van der Waals surface area contributed by atoms with Crippen molar-refractivity contribution < 1.29 is 18.4 Å². The molecule has 0 saturated carbocycles. The topological polar surface area (TPSA) is 61.4 Å². The number of benzene rings is 1. The summed E-state index contributed by atoms with van der Waals surface area (Å²) >= 11 is 0.471. The largest absolute Gasteiger partial charge is 0.354 e. The lowest BCUT2D eigenvalue weighted by Crippen LogP contribution is -2.46. The number of carbonyl (C=O) groups is 2. The second-order valence-electron chi connectivity index (χ2n) is 7.06. The van der Waals surface area contributed by atoms with Crippen molar-refractivity contribution in [2.24, 2.45) is 5.92 Å². The minimum atomic E-state index is -2.47. The minimum Gasteiger partial charge on any atom is -0.354 e. The number of rotatable bonds is 6. The van der Waals surface area contributed by atoms with E-state index in [0.29, 0.717) is 41.9 Å². The van der Waals surface area contributed by atoms with Gasteiger partial charge in [0, 0.05) is 30.1 Å². The fraction of sp³-hybridized carbons (Fsp3) is 0.579. The maximum Gasteiger partial charge on any atom is 0.288 e.